The number of benzene rings is 1. The van der Waals surface area contributed by atoms with Gasteiger partial charge in [0.05, 0.1) is 0 Å². The predicted octanol–water partition coefficient (Wildman–Crippen LogP) is 3.01. The predicted molar refractivity (Wildman–Crippen MR) is 138 cm³/mol. The van der Waals surface area contributed by atoms with Crippen molar-refractivity contribution in [1.82, 2.24) is 35.0 Å². The Morgan fingerprint density at radius 3 is 2.81 bits per heavy atom. The van der Waals surface area contributed by atoms with Gasteiger partial charge >= 0.3 is 0 Å². The van der Waals surface area contributed by atoms with E-state index < -0.39 is 0 Å². The first-order valence-corrected chi connectivity index (χ1v) is 12.5. The molecular formula is C27H32N8O. The highest BCUT2D eigenvalue weighted by molar-refractivity contribution is 5.76. The normalized spacial score (nSPS) is 15.9. The summed E-state index contributed by atoms with van der Waals surface area (Å²) in [4.78, 5) is 19.1. The number of pyridine rings is 1. The number of fused-ring (bicyclic) bond motifs is 1. The molecular weight excluding hydrogens is 452 g/mol. The lowest BCUT2D eigenvalue weighted by Gasteiger charge is -2.16. The molecule has 4 aromatic rings. The number of nitrogens with zero attached hydrogens (tertiary/aromatic N) is 6. The second-order valence-electron chi connectivity index (χ2n) is 9.50. The molecule has 4 heterocycles. The van der Waals surface area contributed by atoms with Crippen molar-refractivity contribution >= 4 is 17.4 Å². The number of hydrogen-bond donors (Lipinski definition) is 2. The Morgan fingerprint density at radius 1 is 1.08 bits per heavy atom. The fourth-order valence-electron chi connectivity index (χ4n) is 4.53. The van der Waals surface area contributed by atoms with E-state index in [9.17, 15) is 4.79 Å². The third-order valence-electron chi connectivity index (χ3n) is 6.58. The first-order valence-electron chi connectivity index (χ1n) is 12.5. The van der Waals surface area contributed by atoms with Gasteiger partial charge < -0.3 is 10.6 Å². The van der Waals surface area contributed by atoms with Gasteiger partial charge in [0.25, 0.3) is 0 Å². The smallest absolute Gasteiger partial charge is 0.220 e. The molecule has 0 aliphatic carbocycles. The molecule has 0 bridgehead atoms. The van der Waals surface area contributed by atoms with Crippen molar-refractivity contribution in [1.29, 1.82) is 0 Å². The first kappa shape index (κ1) is 23.9. The number of aromatic nitrogens is 5. The van der Waals surface area contributed by atoms with Gasteiger partial charge in [-0.15, -0.1) is 15.3 Å². The summed E-state index contributed by atoms with van der Waals surface area (Å²) >= 11 is 0. The van der Waals surface area contributed by atoms with Gasteiger partial charge in [-0.05, 0) is 55.1 Å². The minimum absolute atomic E-state index is 0.0367. The summed E-state index contributed by atoms with van der Waals surface area (Å²) < 4.78 is 1.71. The van der Waals surface area contributed by atoms with Gasteiger partial charge in [-0.3, -0.25) is 14.7 Å². The molecule has 1 aromatic carbocycles. The number of carbonyl (C=O) groups is 1. The molecule has 9 nitrogen and oxygen atoms in total. The van der Waals surface area contributed by atoms with Gasteiger partial charge in [-0.25, -0.2) is 0 Å². The van der Waals surface area contributed by atoms with E-state index >= 15 is 0 Å². The molecule has 2 N–H and O–H groups in total. The standard InChI is InChI=1S/C27H32N8O/c1-20-4-6-21(7-5-20)18-34-14-12-23(19-34)17-30-27(36)11-10-26-32-31-25-9-8-24(33-35(25)26)29-16-22-3-2-13-28-15-22/h2-9,13,15,23H,10-12,14,16-19H2,1H3,(H,29,33)(H,30,36)/t23-/m0/s1. The summed E-state index contributed by atoms with van der Waals surface area (Å²) in [6.45, 7) is 6.50. The van der Waals surface area contributed by atoms with E-state index in [1.807, 2.05) is 30.5 Å². The molecule has 1 atom stereocenters. The van der Waals surface area contributed by atoms with Gasteiger partial charge in [0.15, 0.2) is 11.5 Å². The Labute approximate surface area is 211 Å². The molecule has 1 saturated heterocycles. The molecule has 1 aliphatic rings. The van der Waals surface area contributed by atoms with Crippen LogP contribution in [0.3, 0.4) is 0 Å². The maximum absolute atomic E-state index is 12.5. The van der Waals surface area contributed by atoms with Crippen LogP contribution in [-0.4, -0.2) is 55.2 Å². The van der Waals surface area contributed by atoms with E-state index in [1.165, 1.54) is 11.1 Å². The van der Waals surface area contributed by atoms with E-state index in [1.54, 1.807) is 10.7 Å². The molecule has 1 aliphatic heterocycles. The van der Waals surface area contributed by atoms with E-state index in [-0.39, 0.29) is 5.91 Å². The van der Waals surface area contributed by atoms with E-state index in [2.05, 4.69) is 67.0 Å². The van der Waals surface area contributed by atoms with Crippen LogP contribution in [0.2, 0.25) is 0 Å². The third-order valence-corrected chi connectivity index (χ3v) is 6.58. The fourth-order valence-corrected chi connectivity index (χ4v) is 4.53. The molecule has 5 rings (SSSR count). The maximum Gasteiger partial charge on any atom is 0.220 e. The Morgan fingerprint density at radius 2 is 1.97 bits per heavy atom. The molecule has 186 valence electrons. The molecule has 3 aromatic heterocycles. The number of rotatable bonds is 10. The summed E-state index contributed by atoms with van der Waals surface area (Å²) in [6.07, 6.45) is 5.52. The van der Waals surface area contributed by atoms with Crippen molar-refractivity contribution in [2.75, 3.05) is 25.0 Å². The number of hydrogen-bond acceptors (Lipinski definition) is 7. The van der Waals surface area contributed by atoms with Crippen LogP contribution in [0.25, 0.3) is 5.65 Å². The lowest BCUT2D eigenvalue weighted by atomic mass is 10.1. The van der Waals surface area contributed by atoms with Gasteiger partial charge in [0, 0.05) is 51.4 Å². The van der Waals surface area contributed by atoms with Crippen LogP contribution in [0.5, 0.6) is 0 Å². The van der Waals surface area contributed by atoms with Crippen LogP contribution in [-0.2, 0) is 24.3 Å². The van der Waals surface area contributed by atoms with Crippen molar-refractivity contribution in [2.45, 2.75) is 39.3 Å². The largest absolute Gasteiger partial charge is 0.364 e. The molecule has 0 unspecified atom stereocenters. The van der Waals surface area contributed by atoms with Gasteiger partial charge in [0.1, 0.15) is 5.82 Å². The van der Waals surface area contributed by atoms with Crippen LogP contribution in [0.4, 0.5) is 5.82 Å². The van der Waals surface area contributed by atoms with Crippen molar-refractivity contribution in [3.05, 3.63) is 83.4 Å². The van der Waals surface area contributed by atoms with Crippen molar-refractivity contribution in [3.8, 4) is 0 Å². The summed E-state index contributed by atoms with van der Waals surface area (Å²) in [5.74, 6) is 1.92. The number of nitrogens with one attached hydrogen (secondary N) is 2. The minimum Gasteiger partial charge on any atom is -0.364 e. The topological polar surface area (TPSA) is 100 Å². The zero-order valence-corrected chi connectivity index (χ0v) is 20.6. The van der Waals surface area contributed by atoms with Crippen LogP contribution in [0.1, 0.15) is 35.4 Å². The van der Waals surface area contributed by atoms with Crippen molar-refractivity contribution in [2.24, 2.45) is 5.92 Å². The van der Waals surface area contributed by atoms with Gasteiger partial charge in [-0.1, -0.05) is 35.9 Å². The summed E-state index contributed by atoms with van der Waals surface area (Å²) in [5.41, 5.74) is 4.36. The van der Waals surface area contributed by atoms with Crippen LogP contribution in [0, 0.1) is 12.8 Å². The van der Waals surface area contributed by atoms with Crippen LogP contribution < -0.4 is 10.6 Å². The number of likely N-dealkylation sites (tertiary alicyclic amines) is 1. The van der Waals surface area contributed by atoms with Crippen molar-refractivity contribution in [3.63, 3.8) is 0 Å². The van der Waals surface area contributed by atoms with E-state index in [0.717, 1.165) is 31.6 Å². The fraction of sp³-hybridized carbons (Fsp3) is 0.370. The Hall–Kier alpha value is -3.85. The molecule has 36 heavy (non-hydrogen) atoms. The Balaban J connectivity index is 1.07. The zero-order chi connectivity index (χ0) is 24.7. The average molecular weight is 485 g/mol. The lowest BCUT2D eigenvalue weighted by molar-refractivity contribution is -0.121. The van der Waals surface area contributed by atoms with Crippen molar-refractivity contribution < 1.29 is 4.79 Å². The second-order valence-corrected chi connectivity index (χ2v) is 9.50. The Kier molecular flexibility index (Phi) is 7.47. The maximum atomic E-state index is 12.5. The van der Waals surface area contributed by atoms with E-state index in [0.29, 0.717) is 49.1 Å². The quantitative estimate of drug-likeness (QED) is 0.357. The Bertz CT molecular complexity index is 1290. The monoisotopic (exact) mass is 484 g/mol. The number of amides is 1. The summed E-state index contributed by atoms with van der Waals surface area (Å²) in [6, 6.07) is 16.4. The van der Waals surface area contributed by atoms with Crippen LogP contribution >= 0.6 is 0 Å². The second kappa shape index (κ2) is 11.3. The average Bonchev–Trinajstić information content (AvgIpc) is 3.53. The molecule has 1 fully saturated rings. The third kappa shape index (κ3) is 6.23. The minimum atomic E-state index is 0.0367. The van der Waals surface area contributed by atoms with Gasteiger partial charge in [0.2, 0.25) is 5.91 Å². The van der Waals surface area contributed by atoms with E-state index in [4.69, 9.17) is 0 Å². The highest BCUT2D eigenvalue weighted by Gasteiger charge is 2.23. The highest BCUT2D eigenvalue weighted by Crippen LogP contribution is 2.18. The number of aryl methyl sites for hydroxylation is 2. The summed E-state index contributed by atoms with van der Waals surface area (Å²) in [7, 11) is 0. The molecule has 0 saturated carbocycles. The molecule has 0 spiro atoms. The first-order chi connectivity index (χ1) is 17.6. The summed E-state index contributed by atoms with van der Waals surface area (Å²) in [5, 5.41) is 19.5. The van der Waals surface area contributed by atoms with Gasteiger partial charge in [-0.2, -0.15) is 4.52 Å². The SMILES string of the molecule is Cc1ccc(CN2CC[C@@H](CNC(=O)CCc3nnc4ccc(NCc5cccnc5)nn34)C2)cc1. The highest BCUT2D eigenvalue weighted by atomic mass is 16.1. The number of carbonyl (C=O) groups excluding carboxylic acids is 1. The van der Waals surface area contributed by atoms with Crippen LogP contribution in [0.15, 0.2) is 60.9 Å². The number of anilines is 1. The molecule has 0 radical (unpaired) electrons. The zero-order valence-electron chi connectivity index (χ0n) is 20.6. The lowest BCUT2D eigenvalue weighted by Crippen LogP contribution is -2.31. The molecule has 9 heteroatoms. The molecule has 1 amide bonds.